The van der Waals surface area contributed by atoms with Crippen molar-refractivity contribution in [1.29, 1.82) is 0 Å². The first-order valence-corrected chi connectivity index (χ1v) is 14.0. The Morgan fingerprint density at radius 3 is 1.73 bits per heavy atom. The van der Waals surface area contributed by atoms with Crippen LogP contribution in [0, 0.1) is 10.8 Å². The predicted molar refractivity (Wildman–Crippen MR) is 149 cm³/mol. The maximum absolute atomic E-state index is 12.4. The van der Waals surface area contributed by atoms with Gasteiger partial charge in [-0.25, -0.2) is 0 Å². The van der Waals surface area contributed by atoms with Crippen LogP contribution in [0.2, 0.25) is 0 Å². The summed E-state index contributed by atoms with van der Waals surface area (Å²) in [4.78, 5) is 24.6. The second-order valence-electron chi connectivity index (χ2n) is 12.1. The lowest BCUT2D eigenvalue weighted by atomic mass is 9.88. The molecule has 2 aliphatic carbocycles. The molecule has 0 radical (unpaired) electrons. The number of rotatable bonds is 7. The molecule has 0 amide bonds. The molecule has 2 aromatic carbocycles. The highest BCUT2D eigenvalue weighted by Crippen LogP contribution is 2.44. The SMILES string of the molecule is CCC(C)(C)C(=O)OC1(C)CCc2ccccc21.CCC(C)(C)C(=O)OC1(CC)CCc2ccccc21. The molecular weight excluding hydrogens is 460 g/mol. The van der Waals surface area contributed by atoms with E-state index in [0.717, 1.165) is 44.9 Å². The standard InChI is InChI=1S/C17H24O2.C16H22O2/c1-5-16(3,4)15(18)19-17(6-2)12-11-13-9-7-8-10-14(13)17;1-5-15(2,3)14(17)18-16(4)11-10-12-8-6-7-9-13(12)16/h7-10H,5-6,11-12H2,1-4H3;6-9H,5,10-11H2,1-4H3. The Kier molecular flexibility index (Phi) is 8.61. The predicted octanol–water partition coefficient (Wildman–Crippen LogP) is 8.04. The summed E-state index contributed by atoms with van der Waals surface area (Å²) in [6.45, 7) is 16.0. The van der Waals surface area contributed by atoms with Crippen molar-refractivity contribution in [3.05, 3.63) is 70.8 Å². The third kappa shape index (κ3) is 5.94. The summed E-state index contributed by atoms with van der Waals surface area (Å²) in [5.41, 5.74) is 3.36. The van der Waals surface area contributed by atoms with Crippen molar-refractivity contribution in [3.8, 4) is 0 Å². The lowest BCUT2D eigenvalue weighted by Gasteiger charge is -2.33. The van der Waals surface area contributed by atoms with Crippen molar-refractivity contribution in [2.45, 2.75) is 112 Å². The van der Waals surface area contributed by atoms with Gasteiger partial charge in [-0.05, 0) is 102 Å². The summed E-state index contributed by atoms with van der Waals surface area (Å²) in [5, 5.41) is 0. The minimum absolute atomic E-state index is 0.0754. The molecule has 4 rings (SSSR count). The van der Waals surface area contributed by atoms with Crippen LogP contribution in [-0.2, 0) is 43.1 Å². The van der Waals surface area contributed by atoms with Crippen molar-refractivity contribution in [2.75, 3.05) is 0 Å². The van der Waals surface area contributed by atoms with E-state index >= 15 is 0 Å². The van der Waals surface area contributed by atoms with Crippen molar-refractivity contribution in [3.63, 3.8) is 0 Å². The van der Waals surface area contributed by atoms with Crippen LogP contribution in [0.25, 0.3) is 0 Å². The molecule has 202 valence electrons. The summed E-state index contributed by atoms with van der Waals surface area (Å²) in [6.07, 6.45) is 6.23. The number of hydrogen-bond acceptors (Lipinski definition) is 4. The molecule has 4 nitrogen and oxygen atoms in total. The quantitative estimate of drug-likeness (QED) is 0.357. The van der Waals surface area contributed by atoms with Gasteiger partial charge in [0.2, 0.25) is 0 Å². The lowest BCUT2D eigenvalue weighted by molar-refractivity contribution is -0.173. The molecule has 0 aliphatic heterocycles. The number of benzene rings is 2. The van der Waals surface area contributed by atoms with E-state index in [1.165, 1.54) is 22.3 Å². The minimum atomic E-state index is -0.444. The van der Waals surface area contributed by atoms with Gasteiger partial charge in [0.05, 0.1) is 10.8 Å². The number of aryl methyl sites for hydroxylation is 2. The fourth-order valence-corrected chi connectivity index (χ4v) is 5.01. The Morgan fingerprint density at radius 2 is 1.19 bits per heavy atom. The molecule has 0 saturated heterocycles. The highest BCUT2D eigenvalue weighted by molar-refractivity contribution is 5.77. The minimum Gasteiger partial charge on any atom is -0.454 e. The van der Waals surface area contributed by atoms with Gasteiger partial charge in [0.1, 0.15) is 11.2 Å². The van der Waals surface area contributed by atoms with E-state index in [1.807, 2.05) is 66.7 Å². The Balaban J connectivity index is 0.000000206. The average Bonchev–Trinajstić information content (AvgIpc) is 3.43. The molecule has 4 heteroatoms. The number of fused-ring (bicyclic) bond motifs is 2. The lowest BCUT2D eigenvalue weighted by Crippen LogP contribution is -2.36. The number of esters is 2. The molecular formula is C33H46O4. The molecule has 0 N–H and O–H groups in total. The highest BCUT2D eigenvalue weighted by Gasteiger charge is 2.43. The number of ether oxygens (including phenoxy) is 2. The molecule has 2 unspecified atom stereocenters. The smallest absolute Gasteiger partial charge is 0.312 e. The van der Waals surface area contributed by atoms with E-state index in [-0.39, 0.29) is 11.9 Å². The normalized spacial score (nSPS) is 22.4. The van der Waals surface area contributed by atoms with E-state index in [2.05, 4.69) is 37.3 Å². The van der Waals surface area contributed by atoms with Crippen LogP contribution in [0.5, 0.6) is 0 Å². The van der Waals surface area contributed by atoms with Gasteiger partial charge >= 0.3 is 11.9 Å². The summed E-state index contributed by atoms with van der Waals surface area (Å²) in [6, 6.07) is 16.6. The maximum Gasteiger partial charge on any atom is 0.312 e. The number of carbonyl (C=O) groups is 2. The van der Waals surface area contributed by atoms with E-state index in [9.17, 15) is 9.59 Å². The molecule has 0 spiro atoms. The van der Waals surface area contributed by atoms with Crippen LogP contribution in [0.3, 0.4) is 0 Å². The average molecular weight is 507 g/mol. The van der Waals surface area contributed by atoms with Crippen LogP contribution in [0.4, 0.5) is 0 Å². The molecule has 2 aromatic rings. The zero-order chi connectivity index (χ0) is 27.5. The fraction of sp³-hybridized carbons (Fsp3) is 0.576. The Morgan fingerprint density at radius 1 is 0.730 bits per heavy atom. The summed E-state index contributed by atoms with van der Waals surface area (Å²) < 4.78 is 11.8. The zero-order valence-electron chi connectivity index (χ0n) is 24.2. The van der Waals surface area contributed by atoms with Gasteiger partial charge in [0.15, 0.2) is 0 Å². The first kappa shape index (κ1) is 28.9. The Hall–Kier alpha value is -2.62. The fourth-order valence-electron chi connectivity index (χ4n) is 5.01. The maximum atomic E-state index is 12.4. The van der Waals surface area contributed by atoms with E-state index < -0.39 is 22.0 Å². The molecule has 0 heterocycles. The van der Waals surface area contributed by atoms with Crippen LogP contribution >= 0.6 is 0 Å². The molecule has 0 bridgehead atoms. The molecule has 0 aromatic heterocycles. The monoisotopic (exact) mass is 506 g/mol. The largest absolute Gasteiger partial charge is 0.454 e. The van der Waals surface area contributed by atoms with Crippen LogP contribution in [0.1, 0.15) is 110 Å². The summed E-state index contributed by atoms with van der Waals surface area (Å²) in [5.74, 6) is -0.169. The number of hydrogen-bond donors (Lipinski definition) is 0. The van der Waals surface area contributed by atoms with Crippen LogP contribution < -0.4 is 0 Å². The summed E-state index contributed by atoms with van der Waals surface area (Å²) in [7, 11) is 0. The van der Waals surface area contributed by atoms with Gasteiger partial charge in [-0.3, -0.25) is 9.59 Å². The second kappa shape index (κ2) is 11.0. The first-order valence-electron chi connectivity index (χ1n) is 14.0. The van der Waals surface area contributed by atoms with Crippen molar-refractivity contribution >= 4 is 11.9 Å². The molecule has 0 fully saturated rings. The van der Waals surface area contributed by atoms with Gasteiger partial charge in [-0.1, -0.05) is 69.3 Å². The number of carbonyl (C=O) groups excluding carboxylic acids is 2. The Bertz CT molecular complexity index is 1110. The van der Waals surface area contributed by atoms with Gasteiger partial charge in [-0.15, -0.1) is 0 Å². The van der Waals surface area contributed by atoms with Crippen molar-refractivity contribution in [1.82, 2.24) is 0 Å². The molecule has 2 aliphatic rings. The van der Waals surface area contributed by atoms with E-state index in [1.54, 1.807) is 0 Å². The van der Waals surface area contributed by atoms with E-state index in [4.69, 9.17) is 9.47 Å². The molecule has 0 saturated carbocycles. The highest BCUT2D eigenvalue weighted by atomic mass is 16.6. The van der Waals surface area contributed by atoms with Crippen LogP contribution in [0.15, 0.2) is 48.5 Å². The summed E-state index contributed by atoms with van der Waals surface area (Å²) >= 11 is 0. The molecule has 2 atom stereocenters. The molecule has 37 heavy (non-hydrogen) atoms. The third-order valence-corrected chi connectivity index (χ3v) is 8.81. The van der Waals surface area contributed by atoms with E-state index in [0.29, 0.717) is 0 Å². The third-order valence-electron chi connectivity index (χ3n) is 8.81. The van der Waals surface area contributed by atoms with Gasteiger partial charge in [0.25, 0.3) is 0 Å². The van der Waals surface area contributed by atoms with Crippen molar-refractivity contribution < 1.29 is 19.1 Å². The first-order chi connectivity index (χ1) is 17.3. The van der Waals surface area contributed by atoms with Crippen molar-refractivity contribution in [2.24, 2.45) is 10.8 Å². The van der Waals surface area contributed by atoms with Crippen LogP contribution in [-0.4, -0.2) is 11.9 Å². The Labute approximate surface area is 224 Å². The second-order valence-corrected chi connectivity index (χ2v) is 12.1. The van der Waals surface area contributed by atoms with Gasteiger partial charge < -0.3 is 9.47 Å². The van der Waals surface area contributed by atoms with Gasteiger partial charge in [-0.2, -0.15) is 0 Å². The topological polar surface area (TPSA) is 52.6 Å². The zero-order valence-corrected chi connectivity index (χ0v) is 24.2. The van der Waals surface area contributed by atoms with Gasteiger partial charge in [0, 0.05) is 0 Å².